The fourth-order valence-corrected chi connectivity index (χ4v) is 4.27. The van der Waals surface area contributed by atoms with Crippen molar-refractivity contribution >= 4 is 17.6 Å². The lowest BCUT2D eigenvalue weighted by Gasteiger charge is -2.39. The van der Waals surface area contributed by atoms with Gasteiger partial charge in [0.1, 0.15) is 17.8 Å². The van der Waals surface area contributed by atoms with Crippen molar-refractivity contribution in [2.45, 2.75) is 25.1 Å². The molecule has 3 heterocycles. The summed E-state index contributed by atoms with van der Waals surface area (Å²) in [5, 5.41) is 16.5. The Bertz CT molecular complexity index is 1010. The molecule has 10 heteroatoms. The summed E-state index contributed by atoms with van der Waals surface area (Å²) < 4.78 is 0. The highest BCUT2D eigenvalue weighted by molar-refractivity contribution is 5.92. The molecule has 1 aromatic carbocycles. The molecule has 4 rings (SSSR count). The van der Waals surface area contributed by atoms with Crippen LogP contribution in [0.15, 0.2) is 36.7 Å². The van der Waals surface area contributed by atoms with E-state index in [4.69, 9.17) is 0 Å². The van der Waals surface area contributed by atoms with Crippen LogP contribution in [-0.2, 0) is 17.8 Å². The average Bonchev–Trinajstić information content (AvgIpc) is 2.81. The van der Waals surface area contributed by atoms with Crippen LogP contribution in [0.2, 0.25) is 0 Å². The summed E-state index contributed by atoms with van der Waals surface area (Å²) in [6.07, 6.45) is 1.65. The van der Waals surface area contributed by atoms with Crippen molar-refractivity contribution in [1.29, 1.82) is 0 Å². The van der Waals surface area contributed by atoms with E-state index in [0.717, 1.165) is 32.6 Å². The van der Waals surface area contributed by atoms with Gasteiger partial charge in [0.2, 0.25) is 5.91 Å². The summed E-state index contributed by atoms with van der Waals surface area (Å²) in [7, 11) is 3.49. The summed E-state index contributed by atoms with van der Waals surface area (Å²) in [6.45, 7) is 4.22. The first kappa shape index (κ1) is 24.1. The minimum Gasteiger partial charge on any atom is -0.390 e. The first-order chi connectivity index (χ1) is 16.4. The van der Waals surface area contributed by atoms with E-state index in [1.807, 2.05) is 6.07 Å². The second-order valence-electron chi connectivity index (χ2n) is 9.23. The molecule has 10 nitrogen and oxygen atoms in total. The van der Waals surface area contributed by atoms with Gasteiger partial charge < -0.3 is 20.6 Å². The van der Waals surface area contributed by atoms with E-state index in [9.17, 15) is 14.7 Å². The fourth-order valence-electron chi connectivity index (χ4n) is 4.27. The normalized spacial score (nSPS) is 17.4. The third-order valence-electron chi connectivity index (χ3n) is 6.24. The van der Waals surface area contributed by atoms with Crippen LogP contribution < -0.4 is 10.6 Å². The smallest absolute Gasteiger partial charge is 0.270 e. The number of amides is 2. The van der Waals surface area contributed by atoms with Crippen molar-refractivity contribution < 1.29 is 14.7 Å². The van der Waals surface area contributed by atoms with Gasteiger partial charge in [-0.3, -0.25) is 19.4 Å². The molecule has 2 amide bonds. The molecule has 182 valence electrons. The van der Waals surface area contributed by atoms with E-state index >= 15 is 0 Å². The topological polar surface area (TPSA) is 114 Å². The molecule has 1 fully saturated rings. The molecule has 0 bridgehead atoms. The Kier molecular flexibility index (Phi) is 7.71. The molecule has 1 atom stereocenters. The molecular weight excluding hydrogens is 434 g/mol. The quantitative estimate of drug-likeness (QED) is 0.465. The Balaban J connectivity index is 1.20. The number of carbonyl (C=O) groups excluding carboxylic acids is 2. The van der Waals surface area contributed by atoms with Gasteiger partial charge in [-0.2, -0.15) is 0 Å². The van der Waals surface area contributed by atoms with Crippen LogP contribution >= 0.6 is 0 Å². The molecular formula is C24H33N7O3. The van der Waals surface area contributed by atoms with Gasteiger partial charge in [-0.05, 0) is 17.5 Å². The Hall–Kier alpha value is -3.08. The molecule has 0 saturated carbocycles. The minimum absolute atomic E-state index is 0.0757. The molecule has 1 aromatic heterocycles. The van der Waals surface area contributed by atoms with E-state index in [-0.39, 0.29) is 30.1 Å². The van der Waals surface area contributed by atoms with Gasteiger partial charge >= 0.3 is 0 Å². The largest absolute Gasteiger partial charge is 0.390 e. The second-order valence-corrected chi connectivity index (χ2v) is 9.23. The van der Waals surface area contributed by atoms with Crippen LogP contribution in [0.3, 0.4) is 0 Å². The second kappa shape index (κ2) is 10.9. The van der Waals surface area contributed by atoms with Crippen molar-refractivity contribution in [2.75, 3.05) is 58.7 Å². The van der Waals surface area contributed by atoms with Gasteiger partial charge in [-0.15, -0.1) is 0 Å². The number of hydrogen-bond donors (Lipinski definition) is 3. The monoisotopic (exact) mass is 467 g/mol. The number of aliphatic hydroxyl groups excluding tert-OH is 1. The number of benzene rings is 1. The number of aliphatic hydroxyl groups is 1. The maximum Gasteiger partial charge on any atom is 0.270 e. The predicted molar refractivity (Wildman–Crippen MR) is 128 cm³/mol. The Morgan fingerprint density at radius 3 is 2.71 bits per heavy atom. The zero-order chi connectivity index (χ0) is 24.1. The van der Waals surface area contributed by atoms with Crippen LogP contribution in [0.4, 0.5) is 5.82 Å². The Morgan fingerprint density at radius 2 is 1.94 bits per heavy atom. The molecule has 0 unspecified atom stereocenters. The van der Waals surface area contributed by atoms with E-state index < -0.39 is 6.10 Å². The third kappa shape index (κ3) is 6.28. The molecule has 2 aliphatic rings. The number of β-amino-alcohol motifs (C(OH)–C–C–N with tert-alkyl or cyclic N) is 1. The van der Waals surface area contributed by atoms with Crippen molar-refractivity contribution in [3.05, 3.63) is 53.5 Å². The molecule has 0 radical (unpaired) electrons. The Morgan fingerprint density at radius 1 is 1.18 bits per heavy atom. The van der Waals surface area contributed by atoms with Gasteiger partial charge in [-0.25, -0.2) is 9.97 Å². The van der Waals surface area contributed by atoms with Crippen LogP contribution in [0.5, 0.6) is 0 Å². The number of fused-ring (bicyclic) bond motifs is 1. The van der Waals surface area contributed by atoms with Gasteiger partial charge in [0.05, 0.1) is 18.7 Å². The van der Waals surface area contributed by atoms with Crippen molar-refractivity contribution in [2.24, 2.45) is 0 Å². The van der Waals surface area contributed by atoms with Crippen LogP contribution in [0.25, 0.3) is 0 Å². The summed E-state index contributed by atoms with van der Waals surface area (Å²) in [5.74, 6) is 0.295. The van der Waals surface area contributed by atoms with E-state index in [1.54, 1.807) is 25.1 Å². The van der Waals surface area contributed by atoms with Crippen LogP contribution in [-0.4, -0.2) is 107 Å². The molecule has 2 aromatic rings. The molecule has 34 heavy (non-hydrogen) atoms. The molecule has 0 aliphatic carbocycles. The number of nitrogens with zero attached hydrogens (tertiary/aromatic N) is 5. The van der Waals surface area contributed by atoms with Crippen LogP contribution in [0.1, 0.15) is 21.6 Å². The summed E-state index contributed by atoms with van der Waals surface area (Å²) in [6, 6.07) is 10.1. The Labute approximate surface area is 200 Å². The fraction of sp³-hybridized carbons (Fsp3) is 0.500. The van der Waals surface area contributed by atoms with Crippen molar-refractivity contribution in [3.8, 4) is 0 Å². The summed E-state index contributed by atoms with van der Waals surface area (Å²) in [4.78, 5) is 38.4. The van der Waals surface area contributed by atoms with E-state index in [1.165, 1.54) is 17.5 Å². The lowest BCUT2D eigenvalue weighted by Crippen LogP contribution is -2.57. The van der Waals surface area contributed by atoms with Gasteiger partial charge in [0.25, 0.3) is 5.91 Å². The number of aromatic nitrogens is 2. The first-order valence-corrected chi connectivity index (χ1v) is 11.6. The third-order valence-corrected chi connectivity index (χ3v) is 6.24. The standard InChI is InChI=1S/C24H33N7O3/c1-29(2)23(33)15-31-12-19(13-31)28-22-9-21(26-16-27-22)24(34)25-10-20(32)14-30-8-7-17-5-3-4-6-18(17)11-30/h3-6,9,16,19-20,32H,7-8,10-15H2,1-2H3,(H,25,34)(H,26,27,28)/t20-/m0/s1. The number of anilines is 1. The maximum atomic E-state index is 12.6. The molecule has 3 N–H and O–H groups in total. The SMILES string of the molecule is CN(C)C(=O)CN1CC(Nc2cc(C(=O)NC[C@H](O)CN3CCc4ccccc4C3)ncn2)C1. The number of hydrogen-bond acceptors (Lipinski definition) is 8. The van der Waals surface area contributed by atoms with E-state index in [2.05, 4.69) is 48.6 Å². The minimum atomic E-state index is -0.667. The van der Waals surface area contributed by atoms with Gasteiger partial charge in [0.15, 0.2) is 0 Å². The van der Waals surface area contributed by atoms with Crippen LogP contribution in [0, 0.1) is 0 Å². The highest BCUT2D eigenvalue weighted by Gasteiger charge is 2.29. The summed E-state index contributed by atoms with van der Waals surface area (Å²) in [5.41, 5.74) is 2.91. The highest BCUT2D eigenvalue weighted by atomic mass is 16.3. The maximum absolute atomic E-state index is 12.6. The number of nitrogens with one attached hydrogen (secondary N) is 2. The van der Waals surface area contributed by atoms with Crippen molar-refractivity contribution in [1.82, 2.24) is 30.0 Å². The molecule has 0 spiro atoms. The number of likely N-dealkylation sites (N-methyl/N-ethyl adjacent to an activating group) is 1. The average molecular weight is 468 g/mol. The lowest BCUT2D eigenvalue weighted by molar-refractivity contribution is -0.130. The lowest BCUT2D eigenvalue weighted by atomic mass is 10.00. The van der Waals surface area contributed by atoms with Gasteiger partial charge in [-0.1, -0.05) is 24.3 Å². The van der Waals surface area contributed by atoms with E-state index in [0.29, 0.717) is 18.9 Å². The number of rotatable bonds is 9. The molecule has 2 aliphatic heterocycles. The highest BCUT2D eigenvalue weighted by Crippen LogP contribution is 2.18. The predicted octanol–water partition coefficient (Wildman–Crippen LogP) is -0.190. The van der Waals surface area contributed by atoms with Gasteiger partial charge in [0, 0.05) is 59.4 Å². The summed E-state index contributed by atoms with van der Waals surface area (Å²) >= 11 is 0. The first-order valence-electron chi connectivity index (χ1n) is 11.6. The number of carbonyl (C=O) groups is 2. The number of likely N-dealkylation sites (tertiary alicyclic amines) is 1. The molecule has 1 saturated heterocycles. The zero-order valence-corrected chi connectivity index (χ0v) is 19.8. The van der Waals surface area contributed by atoms with Crippen molar-refractivity contribution in [3.63, 3.8) is 0 Å². The zero-order valence-electron chi connectivity index (χ0n) is 19.8.